The van der Waals surface area contributed by atoms with Crippen molar-refractivity contribution in [2.45, 2.75) is 13.1 Å². The van der Waals surface area contributed by atoms with Crippen LogP contribution in [0.4, 0.5) is 13.2 Å². The van der Waals surface area contributed by atoms with E-state index in [0.717, 1.165) is 6.07 Å². The summed E-state index contributed by atoms with van der Waals surface area (Å²) in [6, 6.07) is 10.4. The molecule has 0 unspecified atom stereocenters. The number of carbonyl (C=O) groups is 1. The van der Waals surface area contributed by atoms with Crippen molar-refractivity contribution >= 4 is 5.78 Å². The number of aryl methyl sites for hydroxylation is 1. The third kappa shape index (κ3) is 2.81. The van der Waals surface area contributed by atoms with Crippen LogP contribution >= 0.6 is 0 Å². The number of aromatic nitrogens is 1. The van der Waals surface area contributed by atoms with E-state index >= 15 is 0 Å². The van der Waals surface area contributed by atoms with Gasteiger partial charge >= 0.3 is 6.18 Å². The summed E-state index contributed by atoms with van der Waals surface area (Å²) in [5, 5.41) is 0. The fraction of sp³-hybridized carbons (Fsp3) is 0.143. The third-order valence-corrected chi connectivity index (χ3v) is 2.66. The molecule has 5 heteroatoms. The van der Waals surface area contributed by atoms with E-state index in [9.17, 15) is 18.0 Å². The molecule has 0 aliphatic rings. The van der Waals surface area contributed by atoms with E-state index in [2.05, 4.69) is 4.98 Å². The van der Waals surface area contributed by atoms with E-state index in [4.69, 9.17) is 0 Å². The number of nitrogens with zero attached hydrogens (tertiary/aromatic N) is 1. The fourth-order valence-corrected chi connectivity index (χ4v) is 1.70. The van der Waals surface area contributed by atoms with Crippen molar-refractivity contribution in [1.82, 2.24) is 4.98 Å². The van der Waals surface area contributed by atoms with Gasteiger partial charge in [0.2, 0.25) is 0 Å². The number of hydrogen-bond acceptors (Lipinski definition) is 2. The molecule has 2 nitrogen and oxygen atoms in total. The molecule has 0 aliphatic carbocycles. The Bertz CT molecular complexity index is 606. The molecule has 0 bridgehead atoms. The lowest BCUT2D eigenvalue weighted by Crippen LogP contribution is -2.12. The summed E-state index contributed by atoms with van der Waals surface area (Å²) in [6.45, 7) is 1.39. The van der Waals surface area contributed by atoms with Crippen LogP contribution in [0.25, 0.3) is 0 Å². The Labute approximate surface area is 107 Å². The van der Waals surface area contributed by atoms with E-state index in [1.807, 2.05) is 0 Å². The van der Waals surface area contributed by atoms with Crippen LogP contribution < -0.4 is 0 Å². The Hall–Kier alpha value is -2.17. The van der Waals surface area contributed by atoms with Gasteiger partial charge in [0.05, 0.1) is 0 Å². The number of benzene rings is 1. The van der Waals surface area contributed by atoms with Gasteiger partial charge in [-0.3, -0.25) is 4.79 Å². The summed E-state index contributed by atoms with van der Waals surface area (Å²) >= 11 is 0. The average Bonchev–Trinajstić information content (AvgIpc) is 2.38. The summed E-state index contributed by atoms with van der Waals surface area (Å²) < 4.78 is 37.4. The molecule has 0 saturated heterocycles. The molecule has 0 N–H and O–H groups in total. The maximum absolute atomic E-state index is 12.5. The van der Waals surface area contributed by atoms with Crippen LogP contribution in [0.1, 0.15) is 27.3 Å². The highest BCUT2D eigenvalue weighted by atomic mass is 19.4. The smallest absolute Gasteiger partial charge is 0.289 e. The lowest BCUT2D eigenvalue weighted by molar-refractivity contribution is -0.141. The Morgan fingerprint density at radius 3 is 2.21 bits per heavy atom. The molecule has 0 amide bonds. The second-order valence-electron chi connectivity index (χ2n) is 4.02. The molecule has 1 aromatic carbocycles. The van der Waals surface area contributed by atoms with Gasteiger partial charge in [0.25, 0.3) is 0 Å². The highest BCUT2D eigenvalue weighted by molar-refractivity contribution is 6.09. The molecule has 0 aliphatic heterocycles. The molecule has 0 radical (unpaired) electrons. The number of hydrogen-bond donors (Lipinski definition) is 0. The van der Waals surface area contributed by atoms with Crippen LogP contribution in [0.3, 0.4) is 0 Å². The lowest BCUT2D eigenvalue weighted by atomic mass is 10.0. The number of alkyl halides is 3. The zero-order chi connectivity index (χ0) is 14.0. The molecule has 2 rings (SSSR count). The predicted molar refractivity (Wildman–Crippen MR) is 63.9 cm³/mol. The van der Waals surface area contributed by atoms with Gasteiger partial charge in [0, 0.05) is 16.8 Å². The third-order valence-electron chi connectivity index (χ3n) is 2.66. The van der Waals surface area contributed by atoms with E-state index < -0.39 is 11.9 Å². The summed E-state index contributed by atoms with van der Waals surface area (Å²) in [5.41, 5.74) is -0.315. The first-order valence-electron chi connectivity index (χ1n) is 5.54. The monoisotopic (exact) mass is 265 g/mol. The van der Waals surface area contributed by atoms with Crippen LogP contribution in [0.2, 0.25) is 0 Å². The minimum absolute atomic E-state index is 0.0729. The first-order valence-corrected chi connectivity index (χ1v) is 5.54. The minimum Gasteiger partial charge on any atom is -0.289 e. The highest BCUT2D eigenvalue weighted by Crippen LogP contribution is 2.28. The molecule has 0 saturated carbocycles. The van der Waals surface area contributed by atoms with Crippen LogP contribution in [-0.4, -0.2) is 10.8 Å². The van der Waals surface area contributed by atoms with Gasteiger partial charge in [-0.05, 0) is 19.1 Å². The number of halogens is 3. The summed E-state index contributed by atoms with van der Waals surface area (Å²) in [4.78, 5) is 15.6. The van der Waals surface area contributed by atoms with E-state index in [0.29, 0.717) is 5.56 Å². The molecule has 0 spiro atoms. The van der Waals surface area contributed by atoms with Crippen molar-refractivity contribution < 1.29 is 18.0 Å². The number of ketones is 1. The van der Waals surface area contributed by atoms with Gasteiger partial charge in [-0.2, -0.15) is 13.2 Å². The van der Waals surface area contributed by atoms with Crippen molar-refractivity contribution in [3.05, 3.63) is 65.0 Å². The largest absolute Gasteiger partial charge is 0.433 e. The average molecular weight is 265 g/mol. The molecule has 98 valence electrons. The maximum Gasteiger partial charge on any atom is 0.433 e. The molecular formula is C14H10F3NO. The van der Waals surface area contributed by atoms with Crippen molar-refractivity contribution in [3.63, 3.8) is 0 Å². The summed E-state index contributed by atoms with van der Waals surface area (Å²) in [6.07, 6.45) is -4.50. The van der Waals surface area contributed by atoms with Crippen molar-refractivity contribution in [2.75, 3.05) is 0 Å². The SMILES string of the molecule is Cc1nc(C(F)(F)F)ccc1C(=O)c1ccccc1. The summed E-state index contributed by atoms with van der Waals surface area (Å²) in [7, 11) is 0. The van der Waals surface area contributed by atoms with E-state index in [1.165, 1.54) is 13.0 Å². The fourth-order valence-electron chi connectivity index (χ4n) is 1.70. The van der Waals surface area contributed by atoms with Crippen molar-refractivity contribution in [1.29, 1.82) is 0 Å². The molecule has 19 heavy (non-hydrogen) atoms. The topological polar surface area (TPSA) is 30.0 Å². The van der Waals surface area contributed by atoms with E-state index in [1.54, 1.807) is 30.3 Å². The normalized spacial score (nSPS) is 11.4. The highest BCUT2D eigenvalue weighted by Gasteiger charge is 2.33. The maximum atomic E-state index is 12.5. The van der Waals surface area contributed by atoms with Crippen LogP contribution in [0.5, 0.6) is 0 Å². The Balaban J connectivity index is 2.40. The Morgan fingerprint density at radius 1 is 1.05 bits per heavy atom. The van der Waals surface area contributed by atoms with Gasteiger partial charge < -0.3 is 0 Å². The van der Waals surface area contributed by atoms with Gasteiger partial charge in [-0.15, -0.1) is 0 Å². The number of pyridine rings is 1. The van der Waals surface area contributed by atoms with Crippen LogP contribution in [-0.2, 0) is 6.18 Å². The molecule has 1 aromatic heterocycles. The molecular weight excluding hydrogens is 255 g/mol. The second kappa shape index (κ2) is 4.84. The number of rotatable bonds is 2. The quantitative estimate of drug-likeness (QED) is 0.776. The first kappa shape index (κ1) is 13.3. The summed E-state index contributed by atoms with van der Waals surface area (Å²) in [5.74, 6) is -0.334. The number of carbonyl (C=O) groups excluding carboxylic acids is 1. The van der Waals surface area contributed by atoms with Crippen LogP contribution in [0, 0.1) is 6.92 Å². The predicted octanol–water partition coefficient (Wildman–Crippen LogP) is 3.64. The minimum atomic E-state index is -4.50. The van der Waals surface area contributed by atoms with Gasteiger partial charge in [-0.1, -0.05) is 30.3 Å². The van der Waals surface area contributed by atoms with Gasteiger partial charge in [0.1, 0.15) is 5.69 Å². The van der Waals surface area contributed by atoms with Crippen molar-refractivity contribution in [3.8, 4) is 0 Å². The standard InChI is InChI=1S/C14H10F3NO/c1-9-11(7-8-12(18-9)14(15,16)17)13(19)10-5-3-2-4-6-10/h2-8H,1H3. The Morgan fingerprint density at radius 2 is 1.68 bits per heavy atom. The molecule has 1 heterocycles. The first-order chi connectivity index (χ1) is 8.89. The van der Waals surface area contributed by atoms with Gasteiger partial charge in [0.15, 0.2) is 5.78 Å². The molecule has 0 fully saturated rings. The molecule has 0 atom stereocenters. The zero-order valence-corrected chi connectivity index (χ0v) is 10.0. The molecule has 2 aromatic rings. The van der Waals surface area contributed by atoms with Gasteiger partial charge in [-0.25, -0.2) is 4.98 Å². The Kier molecular flexibility index (Phi) is 3.38. The van der Waals surface area contributed by atoms with Crippen molar-refractivity contribution in [2.24, 2.45) is 0 Å². The van der Waals surface area contributed by atoms with Crippen LogP contribution in [0.15, 0.2) is 42.5 Å². The lowest BCUT2D eigenvalue weighted by Gasteiger charge is -2.09. The van der Waals surface area contributed by atoms with E-state index in [-0.39, 0.29) is 17.0 Å². The zero-order valence-electron chi connectivity index (χ0n) is 10.0. The second-order valence-corrected chi connectivity index (χ2v) is 4.02.